The Bertz CT molecular complexity index is 1080. The summed E-state index contributed by atoms with van der Waals surface area (Å²) in [6.45, 7) is 2.24. The maximum absolute atomic E-state index is 13.3. The highest BCUT2D eigenvalue weighted by atomic mass is 32.2. The van der Waals surface area contributed by atoms with Crippen LogP contribution in [0.3, 0.4) is 0 Å². The van der Waals surface area contributed by atoms with E-state index in [0.717, 1.165) is 36.3 Å². The fourth-order valence-electron chi connectivity index (χ4n) is 4.24. The molecule has 0 spiro atoms. The number of fused-ring (bicyclic) bond motifs is 2. The molecule has 4 aliphatic rings. The third-order valence-corrected chi connectivity index (χ3v) is 6.90. The third kappa shape index (κ3) is 3.58. The molecular formula is C21H23N3O5S. The van der Waals surface area contributed by atoms with Crippen molar-refractivity contribution < 1.29 is 22.7 Å². The van der Waals surface area contributed by atoms with Crippen LogP contribution in [0, 0.1) is 0 Å². The summed E-state index contributed by atoms with van der Waals surface area (Å²) in [7, 11) is -3.41. The van der Waals surface area contributed by atoms with Gasteiger partial charge in [0.25, 0.3) is 15.9 Å². The standard InChI is InChI=1S/C21H23N3O5S/c25-21(16-5-7-20-22-30(26,27)12-9-23(20)14-16)24-8-1-3-17(24)15-4-6-18-19(13-15)29-11-2-10-28-18/h4-7,13-14,17H,1-3,8-12H2. The number of likely N-dealkylation sites (tertiary alicyclic amines) is 1. The van der Waals surface area contributed by atoms with Crippen molar-refractivity contribution in [1.29, 1.82) is 0 Å². The monoisotopic (exact) mass is 429 g/mol. The molecule has 9 heteroatoms. The minimum atomic E-state index is -3.41. The average Bonchev–Trinajstić information content (AvgIpc) is 3.11. The van der Waals surface area contributed by atoms with Crippen LogP contribution in [0.2, 0.25) is 0 Å². The number of hydrogen-bond acceptors (Lipinski definition) is 6. The first-order chi connectivity index (χ1) is 14.5. The van der Waals surface area contributed by atoms with Gasteiger partial charge in [-0.2, -0.15) is 0 Å². The molecule has 158 valence electrons. The lowest BCUT2D eigenvalue weighted by atomic mass is 10.0. The predicted molar refractivity (Wildman–Crippen MR) is 111 cm³/mol. The van der Waals surface area contributed by atoms with Crippen LogP contribution in [-0.4, -0.2) is 62.0 Å². The molecule has 5 rings (SSSR count). The molecule has 30 heavy (non-hydrogen) atoms. The first-order valence-electron chi connectivity index (χ1n) is 10.2. The summed E-state index contributed by atoms with van der Waals surface area (Å²) in [5, 5.41) is 0. The van der Waals surface area contributed by atoms with E-state index in [4.69, 9.17) is 9.47 Å². The number of hydrogen-bond donors (Lipinski definition) is 0. The molecule has 4 heterocycles. The number of amides is 1. The van der Waals surface area contributed by atoms with Crippen LogP contribution in [0.5, 0.6) is 11.5 Å². The van der Waals surface area contributed by atoms with Gasteiger partial charge in [-0.3, -0.25) is 4.79 Å². The smallest absolute Gasteiger partial charge is 0.256 e. The molecular weight excluding hydrogens is 406 g/mol. The molecule has 1 saturated heterocycles. The third-order valence-electron chi connectivity index (χ3n) is 5.74. The molecule has 1 aromatic carbocycles. The molecule has 1 amide bonds. The van der Waals surface area contributed by atoms with Gasteiger partial charge in [0.2, 0.25) is 0 Å². The van der Waals surface area contributed by atoms with E-state index in [9.17, 15) is 13.2 Å². The zero-order valence-corrected chi connectivity index (χ0v) is 17.3. The van der Waals surface area contributed by atoms with E-state index in [1.807, 2.05) is 23.1 Å². The van der Waals surface area contributed by atoms with Crippen molar-refractivity contribution in [2.75, 3.05) is 32.1 Å². The Morgan fingerprint density at radius 3 is 2.77 bits per heavy atom. The average molecular weight is 429 g/mol. The summed E-state index contributed by atoms with van der Waals surface area (Å²) in [6.07, 6.45) is 7.62. The van der Waals surface area contributed by atoms with Crippen molar-refractivity contribution in [3.05, 3.63) is 47.7 Å². The Labute approximate surface area is 175 Å². The molecule has 1 fully saturated rings. The molecule has 0 aliphatic carbocycles. The minimum Gasteiger partial charge on any atom is -0.490 e. The van der Waals surface area contributed by atoms with Crippen molar-refractivity contribution in [3.63, 3.8) is 0 Å². The molecule has 0 saturated carbocycles. The molecule has 1 atom stereocenters. The highest BCUT2D eigenvalue weighted by Crippen LogP contribution is 2.38. The van der Waals surface area contributed by atoms with Gasteiger partial charge in [-0.25, -0.2) is 8.42 Å². The fourth-order valence-corrected chi connectivity index (χ4v) is 5.21. The van der Waals surface area contributed by atoms with E-state index in [1.54, 1.807) is 23.3 Å². The van der Waals surface area contributed by atoms with Gasteiger partial charge in [0, 0.05) is 25.7 Å². The second-order valence-electron chi connectivity index (χ2n) is 7.76. The Balaban J connectivity index is 1.38. The number of carbonyl (C=O) groups excluding carboxylic acids is 1. The van der Waals surface area contributed by atoms with Crippen LogP contribution >= 0.6 is 0 Å². The van der Waals surface area contributed by atoms with E-state index < -0.39 is 10.0 Å². The Hall–Kier alpha value is -2.81. The minimum absolute atomic E-state index is 0.0271. The summed E-state index contributed by atoms with van der Waals surface area (Å²) < 4.78 is 38.7. The van der Waals surface area contributed by atoms with E-state index in [1.165, 1.54) is 0 Å². The topological polar surface area (TPSA) is 88.5 Å². The number of rotatable bonds is 2. The van der Waals surface area contributed by atoms with Crippen molar-refractivity contribution in [3.8, 4) is 11.5 Å². The SMILES string of the molecule is O=C(C1=CN2CCS(=O)(=O)N=C2C=C1)N1CCCC1c1ccc2c(c1)OCCCO2. The molecule has 1 unspecified atom stereocenters. The van der Waals surface area contributed by atoms with Gasteiger partial charge in [0.05, 0.1) is 30.6 Å². The fraction of sp³-hybridized carbons (Fsp3) is 0.429. The van der Waals surface area contributed by atoms with Crippen molar-refractivity contribution in [2.45, 2.75) is 25.3 Å². The van der Waals surface area contributed by atoms with E-state index in [-0.39, 0.29) is 17.7 Å². The Morgan fingerprint density at radius 2 is 1.90 bits per heavy atom. The molecule has 0 bridgehead atoms. The largest absolute Gasteiger partial charge is 0.490 e. The lowest BCUT2D eigenvalue weighted by Gasteiger charge is -2.30. The normalized spacial score (nSPS) is 24.6. The molecule has 0 N–H and O–H groups in total. The molecule has 4 aliphatic heterocycles. The highest BCUT2D eigenvalue weighted by Gasteiger charge is 2.33. The van der Waals surface area contributed by atoms with Crippen LogP contribution in [0.1, 0.15) is 30.9 Å². The Kier molecular flexibility index (Phi) is 4.77. The first-order valence-corrected chi connectivity index (χ1v) is 11.8. The van der Waals surface area contributed by atoms with Gasteiger partial charge >= 0.3 is 0 Å². The predicted octanol–water partition coefficient (Wildman–Crippen LogP) is 2.01. The maximum Gasteiger partial charge on any atom is 0.256 e. The van der Waals surface area contributed by atoms with Gasteiger partial charge in [-0.05, 0) is 42.7 Å². The molecule has 8 nitrogen and oxygen atoms in total. The lowest BCUT2D eigenvalue weighted by molar-refractivity contribution is -0.127. The Morgan fingerprint density at radius 1 is 1.07 bits per heavy atom. The number of amidine groups is 1. The summed E-state index contributed by atoms with van der Waals surface area (Å²) >= 11 is 0. The lowest BCUT2D eigenvalue weighted by Crippen LogP contribution is -2.39. The summed E-state index contributed by atoms with van der Waals surface area (Å²) in [6, 6.07) is 5.89. The second kappa shape index (κ2) is 7.46. The summed E-state index contributed by atoms with van der Waals surface area (Å²) in [5.41, 5.74) is 1.58. The zero-order chi connectivity index (χ0) is 20.7. The maximum atomic E-state index is 13.3. The molecule has 0 radical (unpaired) electrons. The number of sulfonamides is 1. The van der Waals surface area contributed by atoms with Gasteiger partial charge in [-0.15, -0.1) is 4.40 Å². The van der Waals surface area contributed by atoms with Crippen LogP contribution in [-0.2, 0) is 14.8 Å². The number of benzene rings is 1. The van der Waals surface area contributed by atoms with E-state index in [0.29, 0.717) is 37.7 Å². The number of nitrogens with zero attached hydrogens (tertiary/aromatic N) is 3. The van der Waals surface area contributed by atoms with Crippen molar-refractivity contribution >= 4 is 21.8 Å². The summed E-state index contributed by atoms with van der Waals surface area (Å²) in [5.74, 6) is 1.73. The van der Waals surface area contributed by atoms with E-state index >= 15 is 0 Å². The van der Waals surface area contributed by atoms with Crippen molar-refractivity contribution in [2.24, 2.45) is 4.40 Å². The van der Waals surface area contributed by atoms with Gasteiger partial charge in [0.1, 0.15) is 5.84 Å². The quantitative estimate of drug-likeness (QED) is 0.715. The van der Waals surface area contributed by atoms with Crippen LogP contribution in [0.4, 0.5) is 0 Å². The second-order valence-corrected chi connectivity index (χ2v) is 9.51. The highest BCUT2D eigenvalue weighted by molar-refractivity contribution is 7.90. The van der Waals surface area contributed by atoms with E-state index in [2.05, 4.69) is 4.40 Å². The van der Waals surface area contributed by atoms with Gasteiger partial charge in [0.15, 0.2) is 11.5 Å². The number of carbonyl (C=O) groups is 1. The molecule has 1 aromatic rings. The number of ether oxygens (including phenoxy) is 2. The van der Waals surface area contributed by atoms with Crippen LogP contribution in [0.15, 0.2) is 46.5 Å². The molecule has 0 aromatic heterocycles. The van der Waals surface area contributed by atoms with Crippen molar-refractivity contribution in [1.82, 2.24) is 9.80 Å². The first kappa shape index (κ1) is 19.2. The van der Waals surface area contributed by atoms with Gasteiger partial charge in [-0.1, -0.05) is 6.07 Å². The van der Waals surface area contributed by atoms with Gasteiger partial charge < -0.3 is 19.3 Å². The van der Waals surface area contributed by atoms with Crippen LogP contribution < -0.4 is 9.47 Å². The zero-order valence-electron chi connectivity index (χ0n) is 16.5. The summed E-state index contributed by atoms with van der Waals surface area (Å²) in [4.78, 5) is 16.9. The van der Waals surface area contributed by atoms with Crippen LogP contribution in [0.25, 0.3) is 0 Å².